The number of hydrogen-bond donors (Lipinski definition) is 1. The van der Waals surface area contributed by atoms with E-state index in [2.05, 4.69) is 37.8 Å². The van der Waals surface area contributed by atoms with E-state index in [1.54, 1.807) is 0 Å². The Labute approximate surface area is 141 Å². The summed E-state index contributed by atoms with van der Waals surface area (Å²) >= 11 is 0. The molecule has 3 nitrogen and oxygen atoms in total. The summed E-state index contributed by atoms with van der Waals surface area (Å²) < 4.78 is 5.80. The van der Waals surface area contributed by atoms with Crippen LogP contribution in [0.4, 0.5) is 0 Å². The summed E-state index contributed by atoms with van der Waals surface area (Å²) in [6.45, 7) is 11.9. The molecule has 0 radical (unpaired) electrons. The molecule has 3 unspecified atom stereocenters. The first kappa shape index (κ1) is 19.3. The molecule has 1 aromatic carbocycles. The summed E-state index contributed by atoms with van der Waals surface area (Å²) in [6, 6.07) is 6.17. The van der Waals surface area contributed by atoms with Gasteiger partial charge in [0.1, 0.15) is 18.5 Å². The SMILES string of the molecule is Cc1ccc(C)c(OCC(O)CN2CC(C)CC(C)C2)c1.Cl. The van der Waals surface area contributed by atoms with Crippen molar-refractivity contribution in [3.8, 4) is 5.75 Å². The normalized spacial score (nSPS) is 23.7. The first-order valence-corrected chi connectivity index (χ1v) is 8.04. The molecular weight excluding hydrogens is 298 g/mol. The predicted octanol–water partition coefficient (Wildman–Crippen LogP) is 3.44. The fourth-order valence-electron chi connectivity index (χ4n) is 3.34. The first-order valence-electron chi connectivity index (χ1n) is 8.04. The van der Waals surface area contributed by atoms with Gasteiger partial charge in [-0.25, -0.2) is 0 Å². The summed E-state index contributed by atoms with van der Waals surface area (Å²) in [5.41, 5.74) is 2.30. The van der Waals surface area contributed by atoms with Gasteiger partial charge in [-0.05, 0) is 49.3 Å². The molecule has 0 aromatic heterocycles. The maximum atomic E-state index is 10.2. The maximum absolute atomic E-state index is 10.2. The summed E-state index contributed by atoms with van der Waals surface area (Å²) in [4.78, 5) is 2.37. The average Bonchev–Trinajstić information content (AvgIpc) is 2.38. The number of halogens is 1. The minimum atomic E-state index is -0.428. The molecule has 1 N–H and O–H groups in total. The minimum absolute atomic E-state index is 0. The molecule has 1 aromatic rings. The van der Waals surface area contributed by atoms with Gasteiger partial charge in [0.25, 0.3) is 0 Å². The van der Waals surface area contributed by atoms with Crippen molar-refractivity contribution in [1.82, 2.24) is 4.90 Å². The van der Waals surface area contributed by atoms with Crippen LogP contribution in [-0.2, 0) is 0 Å². The van der Waals surface area contributed by atoms with E-state index >= 15 is 0 Å². The smallest absolute Gasteiger partial charge is 0.122 e. The van der Waals surface area contributed by atoms with E-state index in [9.17, 15) is 5.11 Å². The van der Waals surface area contributed by atoms with E-state index in [4.69, 9.17) is 4.74 Å². The Morgan fingerprint density at radius 3 is 2.50 bits per heavy atom. The summed E-state index contributed by atoms with van der Waals surface area (Å²) in [5, 5.41) is 10.2. The number of nitrogens with zero attached hydrogens (tertiary/aromatic N) is 1. The zero-order chi connectivity index (χ0) is 15.4. The number of aryl methyl sites for hydroxylation is 2. The largest absolute Gasteiger partial charge is 0.491 e. The van der Waals surface area contributed by atoms with Crippen molar-refractivity contribution in [1.29, 1.82) is 0 Å². The Morgan fingerprint density at radius 2 is 1.86 bits per heavy atom. The quantitative estimate of drug-likeness (QED) is 0.899. The molecule has 1 saturated heterocycles. The Balaban J connectivity index is 0.00000242. The van der Waals surface area contributed by atoms with E-state index in [-0.39, 0.29) is 12.4 Å². The second-order valence-corrected chi connectivity index (χ2v) is 6.90. The summed E-state index contributed by atoms with van der Waals surface area (Å²) in [6.07, 6.45) is 0.869. The highest BCUT2D eigenvalue weighted by molar-refractivity contribution is 5.85. The van der Waals surface area contributed by atoms with Crippen LogP contribution in [0.25, 0.3) is 0 Å². The van der Waals surface area contributed by atoms with E-state index in [1.807, 2.05) is 13.0 Å². The number of rotatable bonds is 5. The van der Waals surface area contributed by atoms with Crippen LogP contribution in [0.5, 0.6) is 5.75 Å². The van der Waals surface area contributed by atoms with Crippen LogP contribution in [0.1, 0.15) is 31.4 Å². The van der Waals surface area contributed by atoms with Gasteiger partial charge < -0.3 is 14.7 Å². The summed E-state index contributed by atoms with van der Waals surface area (Å²) in [5.74, 6) is 2.33. The lowest BCUT2D eigenvalue weighted by Crippen LogP contribution is -2.44. The third-order valence-electron chi connectivity index (χ3n) is 4.19. The van der Waals surface area contributed by atoms with E-state index in [0.29, 0.717) is 13.2 Å². The molecule has 1 aliphatic heterocycles. The Bertz CT molecular complexity index is 456. The third-order valence-corrected chi connectivity index (χ3v) is 4.19. The van der Waals surface area contributed by atoms with Gasteiger partial charge in [-0.1, -0.05) is 26.0 Å². The Kier molecular flexibility index (Phi) is 7.67. The number of piperidine rings is 1. The fourth-order valence-corrected chi connectivity index (χ4v) is 3.34. The standard InChI is InChI=1S/C18H29NO2.ClH/c1-13-5-6-16(4)18(8-13)21-12-17(20)11-19-9-14(2)7-15(3)10-19;/h5-6,8,14-15,17,20H,7,9-12H2,1-4H3;1H. The van der Waals surface area contributed by atoms with Gasteiger partial charge in [0.05, 0.1) is 0 Å². The number of ether oxygens (including phenoxy) is 1. The highest BCUT2D eigenvalue weighted by Crippen LogP contribution is 2.22. The monoisotopic (exact) mass is 327 g/mol. The number of hydrogen-bond acceptors (Lipinski definition) is 3. The molecule has 2 rings (SSSR count). The van der Waals surface area contributed by atoms with Gasteiger partial charge in [0.2, 0.25) is 0 Å². The van der Waals surface area contributed by atoms with Gasteiger partial charge in [0, 0.05) is 19.6 Å². The molecule has 22 heavy (non-hydrogen) atoms. The number of β-amino-alcohol motifs (C(OH)–C–C–N with tert-alkyl or cyclic N) is 1. The van der Waals surface area contributed by atoms with Crippen LogP contribution in [0.2, 0.25) is 0 Å². The second-order valence-electron chi connectivity index (χ2n) is 6.90. The topological polar surface area (TPSA) is 32.7 Å². The van der Waals surface area contributed by atoms with Crippen LogP contribution in [0, 0.1) is 25.7 Å². The van der Waals surface area contributed by atoms with Gasteiger partial charge in [-0.15, -0.1) is 12.4 Å². The highest BCUT2D eigenvalue weighted by Gasteiger charge is 2.23. The van der Waals surface area contributed by atoms with E-state index in [0.717, 1.165) is 36.2 Å². The highest BCUT2D eigenvalue weighted by atomic mass is 35.5. The maximum Gasteiger partial charge on any atom is 0.122 e. The molecule has 1 fully saturated rings. The third kappa shape index (κ3) is 5.79. The summed E-state index contributed by atoms with van der Waals surface area (Å²) in [7, 11) is 0. The molecule has 126 valence electrons. The zero-order valence-electron chi connectivity index (χ0n) is 14.2. The van der Waals surface area contributed by atoms with Crippen LogP contribution >= 0.6 is 12.4 Å². The van der Waals surface area contributed by atoms with Crippen molar-refractivity contribution < 1.29 is 9.84 Å². The lowest BCUT2D eigenvalue weighted by Gasteiger charge is -2.35. The van der Waals surface area contributed by atoms with Crippen LogP contribution in [0.15, 0.2) is 18.2 Å². The number of aliphatic hydroxyl groups is 1. The van der Waals surface area contributed by atoms with Crippen LogP contribution in [0.3, 0.4) is 0 Å². The molecule has 0 aliphatic carbocycles. The van der Waals surface area contributed by atoms with E-state index in [1.165, 1.54) is 12.0 Å². The lowest BCUT2D eigenvalue weighted by molar-refractivity contribution is 0.0427. The van der Waals surface area contributed by atoms with Crippen molar-refractivity contribution in [2.75, 3.05) is 26.2 Å². The number of benzene rings is 1. The Morgan fingerprint density at radius 1 is 1.23 bits per heavy atom. The molecule has 1 aliphatic rings. The molecule has 1 heterocycles. The van der Waals surface area contributed by atoms with Crippen molar-refractivity contribution >= 4 is 12.4 Å². The molecule has 0 spiro atoms. The zero-order valence-corrected chi connectivity index (χ0v) is 15.0. The molecule has 0 saturated carbocycles. The number of likely N-dealkylation sites (tertiary alicyclic amines) is 1. The predicted molar refractivity (Wildman–Crippen MR) is 94.1 cm³/mol. The molecular formula is C18H30ClNO2. The molecule has 0 bridgehead atoms. The first-order chi connectivity index (χ1) is 9.94. The molecule has 4 heteroatoms. The molecule has 3 atom stereocenters. The number of aliphatic hydroxyl groups excluding tert-OH is 1. The van der Waals surface area contributed by atoms with Gasteiger partial charge >= 0.3 is 0 Å². The van der Waals surface area contributed by atoms with Crippen LogP contribution in [-0.4, -0.2) is 42.4 Å². The van der Waals surface area contributed by atoms with Crippen molar-refractivity contribution in [2.45, 2.75) is 40.2 Å². The van der Waals surface area contributed by atoms with E-state index < -0.39 is 6.10 Å². The lowest BCUT2D eigenvalue weighted by atomic mass is 9.92. The average molecular weight is 328 g/mol. The van der Waals surface area contributed by atoms with Crippen molar-refractivity contribution in [3.05, 3.63) is 29.3 Å². The van der Waals surface area contributed by atoms with Gasteiger partial charge in [0.15, 0.2) is 0 Å². The van der Waals surface area contributed by atoms with Crippen LogP contribution < -0.4 is 4.74 Å². The fraction of sp³-hybridized carbons (Fsp3) is 0.667. The van der Waals surface area contributed by atoms with Crippen molar-refractivity contribution in [2.24, 2.45) is 11.8 Å². The minimum Gasteiger partial charge on any atom is -0.491 e. The molecule has 0 amide bonds. The van der Waals surface area contributed by atoms with Gasteiger partial charge in [-0.2, -0.15) is 0 Å². The second kappa shape index (κ2) is 8.76. The Hall–Kier alpha value is -0.770. The van der Waals surface area contributed by atoms with Crippen molar-refractivity contribution in [3.63, 3.8) is 0 Å². The van der Waals surface area contributed by atoms with Gasteiger partial charge in [-0.3, -0.25) is 0 Å².